The predicted molar refractivity (Wildman–Crippen MR) is 93.4 cm³/mol. The monoisotopic (exact) mass is 346 g/mol. The molecule has 8 nitrogen and oxygen atoms in total. The molecule has 2 aromatic rings. The minimum absolute atomic E-state index is 0.102. The molecule has 24 heavy (non-hydrogen) atoms. The number of rotatable bonds is 7. The second-order valence-electron chi connectivity index (χ2n) is 4.64. The Labute approximate surface area is 143 Å². The number of carbonyl (C=O) groups excluding carboxylic acids is 1. The summed E-state index contributed by atoms with van der Waals surface area (Å²) in [7, 11) is 0. The summed E-state index contributed by atoms with van der Waals surface area (Å²) in [6.07, 6.45) is 1.58. The lowest BCUT2D eigenvalue weighted by molar-refractivity contribution is -0.119. The van der Waals surface area contributed by atoms with Crippen LogP contribution in [-0.2, 0) is 16.2 Å². The maximum atomic E-state index is 11.0. The van der Waals surface area contributed by atoms with Crippen molar-refractivity contribution in [3.63, 3.8) is 0 Å². The van der Waals surface area contributed by atoms with Gasteiger partial charge in [-0.3, -0.25) is 9.63 Å². The molecule has 0 atom stereocenters. The van der Waals surface area contributed by atoms with Crippen LogP contribution in [0.5, 0.6) is 0 Å². The Hall–Kier alpha value is -2.78. The van der Waals surface area contributed by atoms with Crippen molar-refractivity contribution in [3.8, 4) is 11.4 Å². The normalized spacial score (nSPS) is 11.1. The van der Waals surface area contributed by atoms with Crippen molar-refractivity contribution in [2.75, 3.05) is 6.61 Å². The second-order valence-corrected chi connectivity index (χ2v) is 5.47. The highest BCUT2D eigenvalue weighted by molar-refractivity contribution is 7.13. The van der Waals surface area contributed by atoms with Gasteiger partial charge < -0.3 is 11.1 Å². The van der Waals surface area contributed by atoms with E-state index in [0.29, 0.717) is 29.7 Å². The fraction of sp³-hybridized carbons (Fsp3) is 0.200. The van der Waals surface area contributed by atoms with E-state index in [9.17, 15) is 4.79 Å². The van der Waals surface area contributed by atoms with Crippen molar-refractivity contribution in [1.29, 1.82) is 0 Å². The van der Waals surface area contributed by atoms with Crippen LogP contribution in [0.25, 0.3) is 11.4 Å². The molecule has 0 saturated carbocycles. The Balaban J connectivity index is 2.07. The highest BCUT2D eigenvalue weighted by Crippen LogP contribution is 2.25. The molecule has 2 rings (SSSR count). The molecule has 4 N–H and O–H groups in total. The lowest BCUT2D eigenvalue weighted by Gasteiger charge is -2.03. The molecular formula is C15H18N6O2S. The number of aliphatic imine (C=N–C) groups is 1. The number of hydrogen-bond donors (Lipinski definition) is 3. The minimum atomic E-state index is -0.103. The molecule has 0 aliphatic heterocycles. The van der Waals surface area contributed by atoms with Gasteiger partial charge in [-0.1, -0.05) is 12.1 Å². The van der Waals surface area contributed by atoms with Gasteiger partial charge in [0.1, 0.15) is 5.69 Å². The van der Waals surface area contributed by atoms with Gasteiger partial charge in [0.15, 0.2) is 0 Å². The molecule has 0 aromatic carbocycles. The molecule has 0 saturated heterocycles. The van der Waals surface area contributed by atoms with E-state index >= 15 is 0 Å². The summed E-state index contributed by atoms with van der Waals surface area (Å²) in [4.78, 5) is 28.9. The SMILES string of the molecule is C=CCONC(N)=Nc1nc(-c2cccc(CNC(C)=O)n2)cs1. The molecule has 0 fully saturated rings. The van der Waals surface area contributed by atoms with Crippen molar-refractivity contribution in [2.24, 2.45) is 10.7 Å². The summed E-state index contributed by atoms with van der Waals surface area (Å²) < 4.78 is 0. The predicted octanol–water partition coefficient (Wildman–Crippen LogP) is 1.49. The zero-order chi connectivity index (χ0) is 17.4. The molecule has 2 aromatic heterocycles. The van der Waals surface area contributed by atoms with Crippen LogP contribution in [-0.4, -0.2) is 28.4 Å². The number of amides is 1. The van der Waals surface area contributed by atoms with E-state index in [4.69, 9.17) is 10.6 Å². The molecule has 126 valence electrons. The topological polar surface area (TPSA) is 115 Å². The van der Waals surface area contributed by atoms with Crippen molar-refractivity contribution >= 4 is 28.3 Å². The van der Waals surface area contributed by atoms with Crippen LogP contribution in [0.1, 0.15) is 12.6 Å². The van der Waals surface area contributed by atoms with E-state index < -0.39 is 0 Å². The van der Waals surface area contributed by atoms with Gasteiger partial charge in [0.05, 0.1) is 24.5 Å². The molecule has 2 heterocycles. The van der Waals surface area contributed by atoms with Gasteiger partial charge >= 0.3 is 0 Å². The first-order valence-corrected chi connectivity index (χ1v) is 7.95. The van der Waals surface area contributed by atoms with Crippen LogP contribution in [0.15, 0.2) is 41.2 Å². The number of guanidine groups is 1. The van der Waals surface area contributed by atoms with Gasteiger partial charge in [-0.15, -0.1) is 17.9 Å². The number of nitrogens with two attached hydrogens (primary N) is 1. The second kappa shape index (κ2) is 8.75. The summed E-state index contributed by atoms with van der Waals surface area (Å²) in [6.45, 7) is 5.67. The number of hydrogen-bond acceptors (Lipinski definition) is 6. The standard InChI is InChI=1S/C15H18N6O2S/c1-3-7-23-21-14(16)20-15-19-13(9-24-15)12-6-4-5-11(18-12)8-17-10(2)22/h3-6,9H,1,7-8H2,2H3,(H,17,22)(H3,16,19,20,21). The van der Waals surface area contributed by atoms with Gasteiger partial charge in [-0.05, 0) is 12.1 Å². The van der Waals surface area contributed by atoms with Crippen LogP contribution >= 0.6 is 11.3 Å². The summed E-state index contributed by atoms with van der Waals surface area (Å²) in [5, 5.41) is 5.02. The van der Waals surface area contributed by atoms with Crippen molar-refractivity contribution in [1.82, 2.24) is 20.8 Å². The molecule has 0 spiro atoms. The van der Waals surface area contributed by atoms with E-state index in [1.54, 1.807) is 6.08 Å². The fourth-order valence-corrected chi connectivity index (χ4v) is 2.36. The highest BCUT2D eigenvalue weighted by atomic mass is 32.1. The van der Waals surface area contributed by atoms with Crippen molar-refractivity contribution in [3.05, 3.63) is 41.9 Å². The summed E-state index contributed by atoms with van der Waals surface area (Å²) >= 11 is 1.33. The molecule has 0 unspecified atom stereocenters. The molecular weight excluding hydrogens is 328 g/mol. The zero-order valence-electron chi connectivity index (χ0n) is 13.2. The van der Waals surface area contributed by atoms with Crippen LogP contribution in [0.2, 0.25) is 0 Å². The third-order valence-corrected chi connectivity index (χ3v) is 3.41. The number of aromatic nitrogens is 2. The lowest BCUT2D eigenvalue weighted by Crippen LogP contribution is -2.31. The number of carbonyl (C=O) groups is 1. The Morgan fingerprint density at radius 2 is 2.29 bits per heavy atom. The molecule has 9 heteroatoms. The highest BCUT2D eigenvalue weighted by Gasteiger charge is 2.07. The third kappa shape index (κ3) is 5.45. The van der Waals surface area contributed by atoms with E-state index in [0.717, 1.165) is 5.69 Å². The lowest BCUT2D eigenvalue weighted by atomic mass is 10.2. The molecule has 0 bridgehead atoms. The summed E-state index contributed by atoms with van der Waals surface area (Å²) in [5.41, 5.74) is 10.3. The summed E-state index contributed by atoms with van der Waals surface area (Å²) in [6, 6.07) is 5.54. The van der Waals surface area contributed by atoms with Gasteiger partial charge in [0, 0.05) is 12.3 Å². The Morgan fingerprint density at radius 3 is 3.04 bits per heavy atom. The number of pyridine rings is 1. The smallest absolute Gasteiger partial charge is 0.220 e. The number of thiazole rings is 1. The van der Waals surface area contributed by atoms with Crippen molar-refractivity contribution < 1.29 is 9.63 Å². The molecule has 0 radical (unpaired) electrons. The van der Waals surface area contributed by atoms with Gasteiger partial charge in [0.25, 0.3) is 0 Å². The number of nitrogens with zero attached hydrogens (tertiary/aromatic N) is 3. The molecule has 0 aliphatic rings. The third-order valence-electron chi connectivity index (χ3n) is 2.67. The largest absolute Gasteiger partial charge is 0.368 e. The first-order chi connectivity index (χ1) is 11.6. The van der Waals surface area contributed by atoms with E-state index in [1.165, 1.54) is 18.3 Å². The van der Waals surface area contributed by atoms with E-state index in [2.05, 4.69) is 32.3 Å². The Morgan fingerprint density at radius 1 is 1.46 bits per heavy atom. The van der Waals surface area contributed by atoms with Crippen LogP contribution in [0.3, 0.4) is 0 Å². The van der Waals surface area contributed by atoms with Crippen molar-refractivity contribution in [2.45, 2.75) is 13.5 Å². The first kappa shape index (κ1) is 17.6. The zero-order valence-corrected chi connectivity index (χ0v) is 14.0. The first-order valence-electron chi connectivity index (χ1n) is 7.07. The number of nitrogens with one attached hydrogen (secondary N) is 2. The summed E-state index contributed by atoms with van der Waals surface area (Å²) in [5.74, 6) is -0.000693. The van der Waals surface area contributed by atoms with Crippen LogP contribution in [0, 0.1) is 0 Å². The Kier molecular flexibility index (Phi) is 6.41. The van der Waals surface area contributed by atoms with E-state index in [1.807, 2.05) is 23.6 Å². The Bertz CT molecular complexity index is 743. The number of hydroxylamine groups is 1. The van der Waals surface area contributed by atoms with Gasteiger partial charge in [-0.25, -0.2) is 15.4 Å². The maximum absolute atomic E-state index is 11.0. The van der Waals surface area contributed by atoms with E-state index in [-0.39, 0.29) is 11.9 Å². The van der Waals surface area contributed by atoms with Gasteiger partial charge in [-0.2, -0.15) is 4.99 Å². The maximum Gasteiger partial charge on any atom is 0.220 e. The average Bonchev–Trinajstić information content (AvgIpc) is 3.02. The molecule has 0 aliphatic carbocycles. The quantitative estimate of drug-likeness (QED) is 0.230. The minimum Gasteiger partial charge on any atom is -0.368 e. The van der Waals surface area contributed by atoms with Crippen LogP contribution in [0.4, 0.5) is 5.13 Å². The molecule has 1 amide bonds. The fourth-order valence-electron chi connectivity index (χ4n) is 1.67. The van der Waals surface area contributed by atoms with Gasteiger partial charge in [0.2, 0.25) is 17.0 Å². The average molecular weight is 346 g/mol. The van der Waals surface area contributed by atoms with Crippen LogP contribution < -0.4 is 16.5 Å².